The number of amides is 2. The summed E-state index contributed by atoms with van der Waals surface area (Å²) < 4.78 is 14.5. The number of carbonyl (C=O) groups excluding carboxylic acids is 1. The Morgan fingerprint density at radius 3 is 2.38 bits per heavy atom. The molecule has 1 atom stereocenters. The third kappa shape index (κ3) is 4.22. The summed E-state index contributed by atoms with van der Waals surface area (Å²) in [4.78, 5) is 12.4. The van der Waals surface area contributed by atoms with Gasteiger partial charge in [-0.3, -0.25) is 5.41 Å². The summed E-state index contributed by atoms with van der Waals surface area (Å²) in [5.74, 6) is 0. The van der Waals surface area contributed by atoms with Crippen LogP contribution in [0.15, 0.2) is 18.3 Å². The van der Waals surface area contributed by atoms with Crippen LogP contribution in [0.5, 0.6) is 0 Å². The number of benzene rings is 1. The Hall–Kier alpha value is -1.99. The highest BCUT2D eigenvalue weighted by Crippen LogP contribution is 2.38. The number of nitrogens with one attached hydrogen (secondary N) is 4. The normalized spacial score (nSPS) is 16.5. The smallest absolute Gasteiger partial charge is 0.361 e. The van der Waals surface area contributed by atoms with Crippen molar-refractivity contribution in [2.24, 2.45) is 0 Å². The molecule has 0 saturated carbocycles. The van der Waals surface area contributed by atoms with E-state index in [1.165, 1.54) is 28.3 Å². The second-order valence-electron chi connectivity index (χ2n) is 7.08. The average molecular weight is 375 g/mol. The maximum atomic E-state index is 12.4. The van der Waals surface area contributed by atoms with E-state index in [0.29, 0.717) is 0 Å². The first-order valence-electron chi connectivity index (χ1n) is 9.12. The molecule has 26 heavy (non-hydrogen) atoms. The van der Waals surface area contributed by atoms with E-state index in [2.05, 4.69) is 21.4 Å². The van der Waals surface area contributed by atoms with Gasteiger partial charge in [0.25, 0.3) is 5.04 Å². The van der Waals surface area contributed by atoms with Crippen molar-refractivity contribution in [3.63, 3.8) is 0 Å². The Kier molecular flexibility index (Phi) is 5.88. The number of carbonyl (C=O) groups is 1. The second-order valence-corrected chi connectivity index (χ2v) is 8.26. The minimum atomic E-state index is -1.89. The summed E-state index contributed by atoms with van der Waals surface area (Å²) in [6.07, 6.45) is 9.25. The van der Waals surface area contributed by atoms with Crippen LogP contribution in [0.2, 0.25) is 0 Å². The van der Waals surface area contributed by atoms with Gasteiger partial charge in [0.2, 0.25) is 0 Å². The maximum Gasteiger partial charge on any atom is 0.361 e. The molecule has 0 fully saturated rings. The maximum absolute atomic E-state index is 12.4. The van der Waals surface area contributed by atoms with Gasteiger partial charge in [-0.2, -0.15) is 0 Å². The quantitative estimate of drug-likeness (QED) is 0.370. The van der Waals surface area contributed by atoms with Gasteiger partial charge in [-0.25, -0.2) is 4.79 Å². The van der Waals surface area contributed by atoms with Crippen molar-refractivity contribution in [3.05, 3.63) is 40.6 Å². The summed E-state index contributed by atoms with van der Waals surface area (Å²) in [7, 11) is 0. The van der Waals surface area contributed by atoms with Gasteiger partial charge in [0.05, 0.1) is 0 Å². The minimum absolute atomic E-state index is 0.156. The first-order chi connectivity index (χ1) is 12.5. The molecular formula is C19H26N4O2S. The second kappa shape index (κ2) is 8.14. The monoisotopic (exact) mass is 374 g/mol. The van der Waals surface area contributed by atoms with Crippen molar-refractivity contribution in [1.29, 1.82) is 5.41 Å². The lowest BCUT2D eigenvalue weighted by Gasteiger charge is -2.16. The molecule has 4 N–H and O–H groups in total. The summed E-state index contributed by atoms with van der Waals surface area (Å²) in [5.41, 5.74) is 6.02. The standard InChI is InChI=1S/C19H26N4O2S/c1-12(2)21-10-9-17(20)26(25)23-19(24)22-18-15-7-3-5-13(15)11-14-6-4-8-16(14)18/h9-12,20-21H,3-8H2,1-2H3,(H2,22,23,24)/b10-9-,20-17?. The van der Waals surface area contributed by atoms with E-state index in [9.17, 15) is 9.35 Å². The molecule has 0 saturated heterocycles. The molecule has 3 rings (SSSR count). The van der Waals surface area contributed by atoms with E-state index in [-0.39, 0.29) is 11.1 Å². The fourth-order valence-corrected chi connectivity index (χ4v) is 4.14. The van der Waals surface area contributed by atoms with E-state index in [0.717, 1.165) is 44.2 Å². The van der Waals surface area contributed by atoms with Crippen LogP contribution in [0.1, 0.15) is 48.9 Å². The largest absolute Gasteiger partial charge is 0.586 e. The fraction of sp³-hybridized carbons (Fsp3) is 0.474. The van der Waals surface area contributed by atoms with Gasteiger partial charge >= 0.3 is 6.03 Å². The molecule has 2 aliphatic carbocycles. The van der Waals surface area contributed by atoms with Crippen molar-refractivity contribution < 1.29 is 9.35 Å². The summed E-state index contributed by atoms with van der Waals surface area (Å²) in [6.45, 7) is 3.93. The lowest BCUT2D eigenvalue weighted by Crippen LogP contribution is -2.38. The molecular weight excluding hydrogens is 348 g/mol. The van der Waals surface area contributed by atoms with Crippen LogP contribution in [0.3, 0.4) is 0 Å². The zero-order valence-corrected chi connectivity index (χ0v) is 16.1. The van der Waals surface area contributed by atoms with Gasteiger partial charge in [0.1, 0.15) is 11.4 Å². The lowest BCUT2D eigenvalue weighted by atomic mass is 9.99. The molecule has 0 heterocycles. The van der Waals surface area contributed by atoms with Crippen LogP contribution in [-0.2, 0) is 37.0 Å². The highest BCUT2D eigenvalue weighted by Gasteiger charge is 2.26. The van der Waals surface area contributed by atoms with Crippen LogP contribution in [0.4, 0.5) is 10.5 Å². The van der Waals surface area contributed by atoms with E-state index < -0.39 is 17.4 Å². The first-order valence-corrected chi connectivity index (χ1v) is 10.3. The number of urea groups is 1. The molecule has 0 aliphatic heterocycles. The first kappa shape index (κ1) is 18.8. The molecule has 6 nitrogen and oxygen atoms in total. The average Bonchev–Trinajstić information content (AvgIpc) is 3.22. The van der Waals surface area contributed by atoms with Gasteiger partial charge in [-0.15, -0.1) is 4.72 Å². The van der Waals surface area contributed by atoms with Gasteiger partial charge in [-0.05, 0) is 74.6 Å². The molecule has 140 valence electrons. The van der Waals surface area contributed by atoms with Gasteiger partial charge in [-0.1, -0.05) is 6.07 Å². The van der Waals surface area contributed by atoms with Crippen LogP contribution in [0, 0.1) is 5.41 Å². The highest BCUT2D eigenvalue weighted by atomic mass is 32.2. The van der Waals surface area contributed by atoms with E-state index in [1.807, 2.05) is 13.8 Å². The third-order valence-corrected chi connectivity index (χ3v) is 5.67. The number of fused-ring (bicyclic) bond motifs is 2. The van der Waals surface area contributed by atoms with Crippen molar-refractivity contribution in [1.82, 2.24) is 10.0 Å². The number of hydrogen-bond donors (Lipinski definition) is 4. The molecule has 7 heteroatoms. The number of aryl methyl sites for hydroxylation is 2. The molecule has 2 amide bonds. The topological polar surface area (TPSA) is 100 Å². The van der Waals surface area contributed by atoms with Crippen molar-refractivity contribution >= 4 is 28.1 Å². The summed E-state index contributed by atoms with van der Waals surface area (Å²) in [5, 5.41) is 13.6. The number of anilines is 1. The zero-order chi connectivity index (χ0) is 18.7. The van der Waals surface area contributed by atoms with Crippen molar-refractivity contribution in [2.75, 3.05) is 5.32 Å². The third-order valence-electron chi connectivity index (χ3n) is 4.76. The van der Waals surface area contributed by atoms with E-state index in [1.54, 1.807) is 6.20 Å². The Labute approximate surface area is 157 Å². The van der Waals surface area contributed by atoms with Gasteiger partial charge in [0, 0.05) is 24.0 Å². The lowest BCUT2D eigenvalue weighted by molar-refractivity contribution is 0.256. The molecule has 0 spiro atoms. The molecule has 1 aromatic carbocycles. The van der Waals surface area contributed by atoms with E-state index in [4.69, 9.17) is 5.41 Å². The Bertz CT molecular complexity index is 713. The van der Waals surface area contributed by atoms with E-state index >= 15 is 0 Å². The van der Waals surface area contributed by atoms with Gasteiger partial charge < -0.3 is 15.2 Å². The fourth-order valence-electron chi connectivity index (χ4n) is 3.62. The van der Waals surface area contributed by atoms with Crippen molar-refractivity contribution in [2.45, 2.75) is 58.4 Å². The number of hydrogen-bond acceptors (Lipinski definition) is 4. The molecule has 1 aromatic rings. The number of rotatable bonds is 4. The van der Waals surface area contributed by atoms with Crippen LogP contribution in [-0.4, -0.2) is 21.7 Å². The predicted octanol–water partition coefficient (Wildman–Crippen LogP) is 2.94. The molecule has 0 bridgehead atoms. The molecule has 2 aliphatic rings. The van der Waals surface area contributed by atoms with Crippen LogP contribution in [0.25, 0.3) is 0 Å². The summed E-state index contributed by atoms with van der Waals surface area (Å²) >= 11 is -1.89. The van der Waals surface area contributed by atoms with Crippen LogP contribution < -0.4 is 15.4 Å². The van der Waals surface area contributed by atoms with Gasteiger partial charge in [0.15, 0.2) is 0 Å². The highest BCUT2D eigenvalue weighted by molar-refractivity contribution is 8.05. The predicted molar refractivity (Wildman–Crippen MR) is 106 cm³/mol. The Balaban J connectivity index is 1.66. The Morgan fingerprint density at radius 2 is 1.81 bits per heavy atom. The molecule has 1 unspecified atom stereocenters. The van der Waals surface area contributed by atoms with Crippen LogP contribution >= 0.6 is 0 Å². The zero-order valence-electron chi connectivity index (χ0n) is 15.3. The SMILES string of the molecule is CC(C)N/C=C\C(=N)[S+]([O-])NC(=O)Nc1c2c(cc3c1CCC3)CCC2. The Morgan fingerprint density at radius 1 is 1.19 bits per heavy atom. The minimum Gasteiger partial charge on any atom is -0.586 e. The summed E-state index contributed by atoms with van der Waals surface area (Å²) in [6, 6.07) is 2.01. The van der Waals surface area contributed by atoms with Crippen molar-refractivity contribution in [3.8, 4) is 0 Å². The molecule has 0 aromatic heterocycles. The molecule has 0 radical (unpaired) electrons.